The second kappa shape index (κ2) is 3.91. The zero-order chi connectivity index (χ0) is 11.6. The summed E-state index contributed by atoms with van der Waals surface area (Å²) in [4.78, 5) is 11.8. The lowest BCUT2D eigenvalue weighted by molar-refractivity contribution is -0.390. The minimum Gasteiger partial charge on any atom is -0.358 e. The Morgan fingerprint density at radius 1 is 1.60 bits per heavy atom. The summed E-state index contributed by atoms with van der Waals surface area (Å²) in [5, 5.41) is 18.5. The van der Waals surface area contributed by atoms with Gasteiger partial charge in [-0.3, -0.25) is 0 Å². The van der Waals surface area contributed by atoms with E-state index in [1.54, 1.807) is 0 Å². The van der Waals surface area contributed by atoms with Gasteiger partial charge < -0.3 is 10.1 Å². The predicted molar refractivity (Wildman–Crippen MR) is 40.5 cm³/mol. The molecule has 0 amide bonds. The van der Waals surface area contributed by atoms with Crippen molar-refractivity contribution < 1.29 is 18.1 Å². The molecule has 0 bridgehead atoms. The van der Waals surface area contributed by atoms with Gasteiger partial charge in [-0.2, -0.15) is 9.65 Å². The third-order valence-corrected chi connectivity index (χ3v) is 1.53. The maximum atomic E-state index is 12.9. The molecule has 1 aromatic heterocycles. The molecule has 0 aromatic carbocycles. The van der Waals surface area contributed by atoms with Crippen LogP contribution in [0.25, 0.3) is 0 Å². The van der Waals surface area contributed by atoms with E-state index in [2.05, 4.69) is 4.98 Å². The van der Waals surface area contributed by atoms with Crippen LogP contribution in [0.1, 0.15) is 17.6 Å². The molecule has 78 valence electrons. The minimum absolute atomic E-state index is 0.381. The van der Waals surface area contributed by atoms with Crippen molar-refractivity contribution in [2.45, 2.75) is 6.43 Å². The van der Waals surface area contributed by atoms with Crippen LogP contribution in [0.5, 0.6) is 0 Å². The molecule has 15 heavy (non-hydrogen) atoms. The Kier molecular flexibility index (Phi) is 2.85. The topological polar surface area (TPSA) is 79.8 Å². The first-order valence-electron chi connectivity index (χ1n) is 3.50. The molecule has 0 saturated carbocycles. The van der Waals surface area contributed by atoms with Gasteiger partial charge in [0.2, 0.25) is 0 Å². The maximum absolute atomic E-state index is 12.9. The number of hydrogen-bond donors (Lipinski definition) is 0. The van der Waals surface area contributed by atoms with Gasteiger partial charge in [0, 0.05) is 6.07 Å². The van der Waals surface area contributed by atoms with E-state index in [0.29, 0.717) is 6.07 Å². The summed E-state index contributed by atoms with van der Waals surface area (Å²) in [6.45, 7) is 0. The number of nitriles is 1. The van der Waals surface area contributed by atoms with E-state index in [0.717, 1.165) is 0 Å². The number of hydrogen-bond acceptors (Lipinski definition) is 4. The Labute approximate surface area is 80.9 Å². The number of alkyl halides is 2. The summed E-state index contributed by atoms with van der Waals surface area (Å²) < 4.78 is 37.4. The highest BCUT2D eigenvalue weighted by molar-refractivity contribution is 5.41. The average molecular weight is 217 g/mol. The van der Waals surface area contributed by atoms with Gasteiger partial charge in [0.15, 0.2) is 0 Å². The third kappa shape index (κ3) is 2.01. The monoisotopic (exact) mass is 217 g/mol. The molecule has 0 fully saturated rings. The summed E-state index contributed by atoms with van der Waals surface area (Å²) in [5.41, 5.74) is -2.01. The molecule has 0 aliphatic carbocycles. The minimum atomic E-state index is -3.17. The van der Waals surface area contributed by atoms with Crippen LogP contribution in [0.2, 0.25) is 0 Å². The first kappa shape index (κ1) is 10.9. The van der Waals surface area contributed by atoms with Gasteiger partial charge in [-0.05, 0) is 9.91 Å². The Morgan fingerprint density at radius 2 is 2.20 bits per heavy atom. The Morgan fingerprint density at radius 3 is 2.60 bits per heavy atom. The molecule has 0 aliphatic heterocycles. The fraction of sp³-hybridized carbons (Fsp3) is 0.143. The molecule has 8 heteroatoms. The largest absolute Gasteiger partial charge is 0.367 e. The van der Waals surface area contributed by atoms with Crippen LogP contribution in [-0.2, 0) is 0 Å². The number of nitro groups is 1. The average Bonchev–Trinajstić information content (AvgIpc) is 2.16. The van der Waals surface area contributed by atoms with E-state index in [1.807, 2.05) is 0 Å². The van der Waals surface area contributed by atoms with Crippen molar-refractivity contribution in [2.24, 2.45) is 0 Å². The summed E-state index contributed by atoms with van der Waals surface area (Å²) in [6.07, 6.45) is -3.17. The maximum Gasteiger partial charge on any atom is 0.367 e. The lowest BCUT2D eigenvalue weighted by Gasteiger charge is -2.00. The highest BCUT2D eigenvalue weighted by Crippen LogP contribution is 2.26. The predicted octanol–water partition coefficient (Wildman–Crippen LogP) is 1.94. The zero-order valence-corrected chi connectivity index (χ0v) is 6.95. The van der Waals surface area contributed by atoms with Gasteiger partial charge in [0.05, 0.1) is 5.56 Å². The van der Waals surface area contributed by atoms with E-state index in [1.165, 1.54) is 6.07 Å². The first-order valence-corrected chi connectivity index (χ1v) is 3.50. The molecule has 0 unspecified atom stereocenters. The highest BCUT2D eigenvalue weighted by atomic mass is 19.3. The Balaban J connectivity index is 3.47. The Hall–Kier alpha value is -2.17. The number of halogens is 3. The van der Waals surface area contributed by atoms with Crippen molar-refractivity contribution in [2.75, 3.05) is 0 Å². The van der Waals surface area contributed by atoms with Crippen molar-refractivity contribution in [3.63, 3.8) is 0 Å². The first-order chi connectivity index (χ1) is 6.97. The summed E-state index contributed by atoms with van der Waals surface area (Å²) >= 11 is 0. The lowest BCUT2D eigenvalue weighted by Crippen LogP contribution is -2.02. The summed E-state index contributed by atoms with van der Waals surface area (Å²) in [6, 6.07) is 1.55. The smallest absolute Gasteiger partial charge is 0.358 e. The number of nitrogens with zero attached hydrogens (tertiary/aromatic N) is 3. The molecule has 0 N–H and O–H groups in total. The third-order valence-electron chi connectivity index (χ3n) is 1.53. The van der Waals surface area contributed by atoms with E-state index in [9.17, 15) is 23.3 Å². The molecule has 1 heterocycles. The molecule has 0 atom stereocenters. The SMILES string of the molecule is N#Cc1c(C(F)F)cc([N+](=O)[O-])nc1F. The van der Waals surface area contributed by atoms with Crippen LogP contribution in [0.3, 0.4) is 0 Å². The van der Waals surface area contributed by atoms with Crippen LogP contribution in [0.4, 0.5) is 19.0 Å². The van der Waals surface area contributed by atoms with Crippen molar-refractivity contribution in [1.82, 2.24) is 4.98 Å². The van der Waals surface area contributed by atoms with E-state index in [-0.39, 0.29) is 0 Å². The molecule has 0 saturated heterocycles. The quantitative estimate of drug-likeness (QED) is 0.430. The van der Waals surface area contributed by atoms with Crippen molar-refractivity contribution in [3.8, 4) is 6.07 Å². The normalized spacial score (nSPS) is 10.1. The van der Waals surface area contributed by atoms with Crippen LogP contribution in [0, 0.1) is 27.4 Å². The summed E-state index contributed by atoms with van der Waals surface area (Å²) in [7, 11) is 0. The molecule has 0 aliphatic rings. The van der Waals surface area contributed by atoms with E-state index >= 15 is 0 Å². The van der Waals surface area contributed by atoms with E-state index in [4.69, 9.17) is 5.26 Å². The Bertz CT molecular complexity index is 456. The standard InChI is InChI=1S/C7H2F3N3O2/c8-6(9)3-1-5(13(14)15)12-7(10)4(3)2-11/h1,6H. The number of rotatable bonds is 2. The molecule has 1 aromatic rings. The summed E-state index contributed by atoms with van der Waals surface area (Å²) in [5.74, 6) is -2.62. The van der Waals surface area contributed by atoms with Crippen LogP contribution >= 0.6 is 0 Å². The molecule has 1 rings (SSSR count). The molecular formula is C7H2F3N3O2. The fourth-order valence-corrected chi connectivity index (χ4v) is 0.895. The molecule has 0 spiro atoms. The van der Waals surface area contributed by atoms with Gasteiger partial charge in [0.1, 0.15) is 11.6 Å². The van der Waals surface area contributed by atoms with Crippen LogP contribution in [0.15, 0.2) is 6.07 Å². The molecule has 5 nitrogen and oxygen atoms in total. The van der Waals surface area contributed by atoms with Gasteiger partial charge in [-0.1, -0.05) is 0 Å². The zero-order valence-electron chi connectivity index (χ0n) is 6.95. The fourth-order valence-electron chi connectivity index (χ4n) is 0.895. The second-order valence-corrected chi connectivity index (χ2v) is 2.41. The highest BCUT2D eigenvalue weighted by Gasteiger charge is 2.25. The number of aromatic nitrogens is 1. The van der Waals surface area contributed by atoms with Gasteiger partial charge >= 0.3 is 11.8 Å². The lowest BCUT2D eigenvalue weighted by atomic mass is 10.1. The molecular weight excluding hydrogens is 215 g/mol. The van der Waals surface area contributed by atoms with Crippen molar-refractivity contribution in [3.05, 3.63) is 33.3 Å². The van der Waals surface area contributed by atoms with Crippen molar-refractivity contribution >= 4 is 5.82 Å². The van der Waals surface area contributed by atoms with Gasteiger partial charge in [0.25, 0.3) is 6.43 Å². The molecule has 0 radical (unpaired) electrons. The van der Waals surface area contributed by atoms with Crippen molar-refractivity contribution in [1.29, 1.82) is 5.26 Å². The van der Waals surface area contributed by atoms with Crippen LogP contribution < -0.4 is 0 Å². The van der Waals surface area contributed by atoms with E-state index < -0.39 is 34.2 Å². The number of pyridine rings is 1. The second-order valence-electron chi connectivity index (χ2n) is 2.41. The van der Waals surface area contributed by atoms with Crippen LogP contribution in [-0.4, -0.2) is 9.91 Å². The van der Waals surface area contributed by atoms with Gasteiger partial charge in [-0.25, -0.2) is 8.78 Å². The van der Waals surface area contributed by atoms with Gasteiger partial charge in [-0.15, -0.1) is 0 Å².